The number of piperidine rings is 1. The number of fused-ring (bicyclic) bond motifs is 4. The molecule has 6 aromatic rings. The third-order valence-corrected chi connectivity index (χ3v) is 13.8. The van der Waals surface area contributed by atoms with E-state index >= 15 is 8.78 Å². The lowest BCUT2D eigenvalue weighted by molar-refractivity contribution is -0.136. The summed E-state index contributed by atoms with van der Waals surface area (Å²) in [5.41, 5.74) is 6.45. The number of carbonyl (C=O) groups is 5. The third kappa shape index (κ3) is 7.63. The summed E-state index contributed by atoms with van der Waals surface area (Å²) < 4.78 is 46.6. The molecule has 5 aliphatic heterocycles. The molecule has 0 radical (unpaired) electrons. The first-order valence-corrected chi connectivity index (χ1v) is 22.9. The van der Waals surface area contributed by atoms with Crippen molar-refractivity contribution in [3.05, 3.63) is 112 Å². The molecule has 2 fully saturated rings. The number of ether oxygens (including phenoxy) is 2. The van der Waals surface area contributed by atoms with Crippen LogP contribution in [0, 0.1) is 0 Å². The average Bonchev–Trinajstić information content (AvgIpc) is 3.99. The van der Waals surface area contributed by atoms with E-state index in [0.29, 0.717) is 80.6 Å². The van der Waals surface area contributed by atoms with Gasteiger partial charge in [-0.3, -0.25) is 43.9 Å². The molecule has 4 aromatic heterocycles. The third-order valence-electron chi connectivity index (χ3n) is 13.8. The number of aromatic nitrogens is 6. The summed E-state index contributed by atoms with van der Waals surface area (Å²) in [6.45, 7) is 4.77. The van der Waals surface area contributed by atoms with E-state index in [1.807, 2.05) is 27.8 Å². The predicted molar refractivity (Wildman–Crippen MR) is 240 cm³/mol. The molecule has 2 saturated heterocycles. The van der Waals surface area contributed by atoms with E-state index < -0.39 is 36.1 Å². The Bertz CT molecular complexity index is 3050. The maximum absolute atomic E-state index is 15.4. The van der Waals surface area contributed by atoms with Gasteiger partial charge in [-0.2, -0.15) is 5.10 Å². The number of hydrogen-bond acceptors (Lipinski definition) is 12. The largest absolute Gasteiger partial charge is 0.486 e. The number of nitrogens with zero attached hydrogens (tertiary/aromatic N) is 9. The van der Waals surface area contributed by atoms with Crippen molar-refractivity contribution in [2.45, 2.75) is 90.1 Å². The van der Waals surface area contributed by atoms with Gasteiger partial charge in [0.1, 0.15) is 18.4 Å². The molecule has 19 heteroatoms. The highest BCUT2D eigenvalue weighted by atomic mass is 19.3. The van der Waals surface area contributed by atoms with Crippen LogP contribution in [-0.2, 0) is 51.7 Å². The molecule has 5 amide bonds. The highest BCUT2D eigenvalue weighted by Crippen LogP contribution is 2.45. The first-order chi connectivity index (χ1) is 33.0. The summed E-state index contributed by atoms with van der Waals surface area (Å²) in [5, 5.41) is 8.14. The summed E-state index contributed by atoms with van der Waals surface area (Å²) in [4.78, 5) is 81.3. The minimum absolute atomic E-state index is 0.00942. The number of benzene rings is 2. The molecular weight excluding hydrogens is 879 g/mol. The Hall–Kier alpha value is -7.41. The van der Waals surface area contributed by atoms with Gasteiger partial charge in [-0.1, -0.05) is 0 Å². The Morgan fingerprint density at radius 3 is 2.50 bits per heavy atom. The van der Waals surface area contributed by atoms with Gasteiger partial charge in [0.2, 0.25) is 17.7 Å². The number of amides is 5. The SMILES string of the molecule is CC(=O)N1CCc2c(c(N3CCCc4cc(-c5cn(Cc6cnc(COc7ccc8c(c7)C(=O)N(C7CCC(=O)NC7=O)C8=O)nc6)c6ccncc56)c(C(F)F)cc43)nn2C2CCOCC2)C1. The van der Waals surface area contributed by atoms with Crippen molar-refractivity contribution in [3.63, 3.8) is 0 Å². The lowest BCUT2D eigenvalue weighted by Gasteiger charge is -2.33. The number of hydrogen-bond donors (Lipinski definition) is 1. The number of rotatable bonds is 10. The molecule has 1 unspecified atom stereocenters. The van der Waals surface area contributed by atoms with Gasteiger partial charge >= 0.3 is 0 Å². The Balaban J connectivity index is 0.840. The van der Waals surface area contributed by atoms with E-state index in [1.165, 1.54) is 12.1 Å². The van der Waals surface area contributed by atoms with Crippen LogP contribution < -0.4 is 15.0 Å². The zero-order valence-corrected chi connectivity index (χ0v) is 37.1. The van der Waals surface area contributed by atoms with Crippen LogP contribution in [0.15, 0.2) is 67.4 Å². The highest BCUT2D eigenvalue weighted by molar-refractivity contribution is 6.23. The second-order valence-electron chi connectivity index (χ2n) is 17.9. The van der Waals surface area contributed by atoms with E-state index in [4.69, 9.17) is 14.6 Å². The van der Waals surface area contributed by atoms with Crippen LogP contribution in [0.3, 0.4) is 0 Å². The van der Waals surface area contributed by atoms with Gasteiger partial charge in [0.05, 0.1) is 35.8 Å². The minimum Gasteiger partial charge on any atom is -0.486 e. The topological polar surface area (TPSA) is 187 Å². The fourth-order valence-electron chi connectivity index (χ4n) is 10.3. The lowest BCUT2D eigenvalue weighted by atomic mass is 9.91. The van der Waals surface area contributed by atoms with E-state index in [9.17, 15) is 24.0 Å². The molecule has 1 atom stereocenters. The van der Waals surface area contributed by atoms with Gasteiger partial charge in [0.25, 0.3) is 18.2 Å². The molecule has 348 valence electrons. The molecule has 11 rings (SSSR count). The molecule has 5 aliphatic rings. The fraction of sp³-hybridized carbons (Fsp3) is 0.367. The number of aryl methyl sites for hydroxylation is 1. The average molecular weight is 925 g/mol. The maximum atomic E-state index is 15.4. The number of halogens is 2. The van der Waals surface area contributed by atoms with Crippen molar-refractivity contribution in [1.29, 1.82) is 0 Å². The highest BCUT2D eigenvalue weighted by Gasteiger charge is 2.45. The molecule has 0 spiro atoms. The van der Waals surface area contributed by atoms with Crippen molar-refractivity contribution in [3.8, 4) is 16.9 Å². The number of anilines is 2. The number of imide groups is 2. The second kappa shape index (κ2) is 17.3. The first-order valence-electron chi connectivity index (χ1n) is 22.9. The first kappa shape index (κ1) is 43.2. The maximum Gasteiger partial charge on any atom is 0.264 e. The summed E-state index contributed by atoms with van der Waals surface area (Å²) in [6, 6.07) is 8.93. The summed E-state index contributed by atoms with van der Waals surface area (Å²) in [5.74, 6) is -1.03. The van der Waals surface area contributed by atoms with Crippen molar-refractivity contribution >= 4 is 51.9 Å². The number of pyridine rings is 1. The normalized spacial score (nSPS) is 18.6. The molecule has 0 saturated carbocycles. The summed E-state index contributed by atoms with van der Waals surface area (Å²) >= 11 is 0. The molecule has 0 bridgehead atoms. The van der Waals surface area contributed by atoms with Gasteiger partial charge in [0.15, 0.2) is 11.6 Å². The number of nitrogens with one attached hydrogen (secondary N) is 1. The molecule has 2 aromatic carbocycles. The zero-order chi connectivity index (χ0) is 46.8. The van der Waals surface area contributed by atoms with E-state index in [0.717, 1.165) is 63.3 Å². The van der Waals surface area contributed by atoms with E-state index in [1.54, 1.807) is 43.8 Å². The van der Waals surface area contributed by atoms with Crippen LogP contribution in [0.2, 0.25) is 0 Å². The van der Waals surface area contributed by atoms with Crippen molar-refractivity contribution in [2.75, 3.05) is 31.2 Å². The lowest BCUT2D eigenvalue weighted by Crippen LogP contribution is -2.54. The Morgan fingerprint density at radius 1 is 0.912 bits per heavy atom. The van der Waals surface area contributed by atoms with Crippen LogP contribution in [-0.4, -0.2) is 101 Å². The van der Waals surface area contributed by atoms with Crippen LogP contribution in [0.1, 0.15) is 106 Å². The Labute approximate surface area is 388 Å². The summed E-state index contributed by atoms with van der Waals surface area (Å²) in [7, 11) is 0. The van der Waals surface area contributed by atoms with E-state index in [2.05, 4.69) is 29.9 Å². The van der Waals surface area contributed by atoms with Gasteiger partial charge < -0.3 is 23.8 Å². The second-order valence-corrected chi connectivity index (χ2v) is 17.9. The van der Waals surface area contributed by atoms with Crippen molar-refractivity contribution in [2.24, 2.45) is 0 Å². The Kier molecular flexibility index (Phi) is 11.0. The van der Waals surface area contributed by atoms with Crippen molar-refractivity contribution < 1.29 is 42.2 Å². The molecule has 9 heterocycles. The Morgan fingerprint density at radius 2 is 1.72 bits per heavy atom. The minimum atomic E-state index is -2.79. The molecule has 17 nitrogen and oxygen atoms in total. The van der Waals surface area contributed by atoms with Gasteiger partial charge in [-0.25, -0.2) is 18.7 Å². The molecule has 0 aliphatic carbocycles. The van der Waals surface area contributed by atoms with Crippen molar-refractivity contribution in [1.82, 2.24) is 44.4 Å². The predicted octanol–water partition coefficient (Wildman–Crippen LogP) is 6.00. The zero-order valence-electron chi connectivity index (χ0n) is 37.1. The van der Waals surface area contributed by atoms with E-state index in [-0.39, 0.29) is 48.1 Å². The number of carbonyl (C=O) groups excluding carboxylic acids is 5. The summed E-state index contributed by atoms with van der Waals surface area (Å²) in [6.07, 6.45) is 9.69. The van der Waals surface area contributed by atoms with Gasteiger partial charge in [0, 0.05) is 116 Å². The monoisotopic (exact) mass is 924 g/mol. The van der Waals surface area contributed by atoms with Gasteiger partial charge in [-0.15, -0.1) is 0 Å². The fourth-order valence-corrected chi connectivity index (χ4v) is 10.3. The van der Waals surface area contributed by atoms with Crippen LogP contribution in [0.25, 0.3) is 22.0 Å². The van der Waals surface area contributed by atoms with Gasteiger partial charge in [-0.05, 0) is 79.6 Å². The molecule has 68 heavy (non-hydrogen) atoms. The molecular formula is C49H46F2N10O7. The van der Waals surface area contributed by atoms with Crippen LogP contribution in [0.5, 0.6) is 5.75 Å². The quantitative estimate of drug-likeness (QED) is 0.158. The number of alkyl halides is 2. The smallest absolute Gasteiger partial charge is 0.264 e. The molecule has 1 N–H and O–H groups in total. The van der Waals surface area contributed by atoms with Crippen LogP contribution in [0.4, 0.5) is 20.3 Å². The standard InChI is InChI=1S/C49H46F2N10O7/c1-27(62)57-14-9-40-38(25-57)46(56-61(40)30-10-15-67-16-11-30)59-13-2-3-29-17-33(34(45(50)51)19-42(29)59)37-24-58(39-8-12-52-22-36(37)39)23-28-20-53-43(54-21-28)26-68-31-4-5-32-35(18-31)49(66)60(48(32)65)41-6-7-44(63)55-47(41)64/h4-5,8,12,17-22,24,30,41,45H,2-3,6-7,9-11,13-16,23,25-26H2,1H3,(H,55,63,64). The van der Waals surface area contributed by atoms with Crippen LogP contribution >= 0.6 is 0 Å².